The van der Waals surface area contributed by atoms with Crippen LogP contribution in [0.1, 0.15) is 16.2 Å². The number of benzene rings is 1. The summed E-state index contributed by atoms with van der Waals surface area (Å²) in [6.45, 7) is 1.80. The van der Waals surface area contributed by atoms with Gasteiger partial charge in [0.2, 0.25) is 0 Å². The average Bonchev–Trinajstić information content (AvgIpc) is 3.31. The Hall–Kier alpha value is -3.39. The number of hydrogen-bond acceptors (Lipinski definition) is 6. The van der Waals surface area contributed by atoms with Gasteiger partial charge in [-0.25, -0.2) is 9.97 Å². The Balaban J connectivity index is 1.60. The molecule has 8 heteroatoms. The van der Waals surface area contributed by atoms with E-state index in [1.807, 2.05) is 41.8 Å². The lowest BCUT2D eigenvalue weighted by molar-refractivity contribution is 0.102. The van der Waals surface area contributed by atoms with Crippen LogP contribution in [0, 0.1) is 6.92 Å². The minimum Gasteiger partial charge on any atom is -0.497 e. The summed E-state index contributed by atoms with van der Waals surface area (Å²) in [5, 5.41) is 5.30. The van der Waals surface area contributed by atoms with Gasteiger partial charge in [0.05, 0.1) is 25.6 Å². The molecule has 1 aromatic carbocycles. The van der Waals surface area contributed by atoms with Gasteiger partial charge in [-0.2, -0.15) is 0 Å². The minimum absolute atomic E-state index is 0.270. The first-order valence-electron chi connectivity index (χ1n) is 8.53. The number of anilines is 1. The Morgan fingerprint density at radius 2 is 1.89 bits per heavy atom. The molecule has 0 radical (unpaired) electrons. The van der Waals surface area contributed by atoms with Crippen LogP contribution in [0.3, 0.4) is 0 Å². The van der Waals surface area contributed by atoms with Crippen molar-refractivity contribution in [3.8, 4) is 22.8 Å². The van der Waals surface area contributed by atoms with Crippen molar-refractivity contribution < 1.29 is 14.3 Å². The van der Waals surface area contributed by atoms with Crippen molar-refractivity contribution in [3.05, 3.63) is 59.4 Å². The van der Waals surface area contributed by atoms with E-state index in [4.69, 9.17) is 9.47 Å². The predicted octanol–water partition coefficient (Wildman–Crippen LogP) is 4.04. The number of carbonyl (C=O) groups is 1. The van der Waals surface area contributed by atoms with Crippen LogP contribution in [0.15, 0.2) is 48.0 Å². The summed E-state index contributed by atoms with van der Waals surface area (Å²) in [6, 6.07) is 11.2. The third-order valence-electron chi connectivity index (χ3n) is 4.33. The molecule has 1 N–H and O–H groups in total. The molecule has 0 unspecified atom stereocenters. The smallest absolute Gasteiger partial charge is 0.276 e. The first kappa shape index (κ1) is 18.0. The number of pyridine rings is 1. The molecule has 0 aliphatic heterocycles. The Bertz CT molecular complexity index is 1150. The Morgan fingerprint density at radius 3 is 2.61 bits per heavy atom. The lowest BCUT2D eigenvalue weighted by Crippen LogP contribution is -2.15. The molecule has 0 saturated carbocycles. The van der Waals surface area contributed by atoms with Crippen LogP contribution in [0.2, 0.25) is 0 Å². The lowest BCUT2D eigenvalue weighted by Gasteiger charge is -2.05. The van der Waals surface area contributed by atoms with Gasteiger partial charge < -0.3 is 9.47 Å². The van der Waals surface area contributed by atoms with Crippen molar-refractivity contribution >= 4 is 28.0 Å². The standard InChI is InChI=1S/C20H18N4O3S/c1-12-17(24-10-4-5-16(27-3)18(24)21-12)19(25)23-20-22-15(11-28-20)13-6-8-14(26-2)9-7-13/h4-11H,1-3H3,(H,22,23,25). The monoisotopic (exact) mass is 394 g/mol. The Labute approximate surface area is 165 Å². The van der Waals surface area contributed by atoms with Crippen molar-refractivity contribution in [1.82, 2.24) is 14.4 Å². The molecule has 0 saturated heterocycles. The zero-order valence-electron chi connectivity index (χ0n) is 15.6. The predicted molar refractivity (Wildman–Crippen MR) is 109 cm³/mol. The summed E-state index contributed by atoms with van der Waals surface area (Å²) in [4.78, 5) is 21.9. The van der Waals surface area contributed by atoms with Gasteiger partial charge in [0.15, 0.2) is 16.5 Å². The van der Waals surface area contributed by atoms with Crippen LogP contribution < -0.4 is 14.8 Å². The highest BCUT2D eigenvalue weighted by Gasteiger charge is 2.19. The van der Waals surface area contributed by atoms with E-state index in [2.05, 4.69) is 15.3 Å². The molecule has 0 bridgehead atoms. The second kappa shape index (κ2) is 7.32. The number of rotatable bonds is 5. The summed E-state index contributed by atoms with van der Waals surface area (Å²) >= 11 is 1.37. The maximum absolute atomic E-state index is 12.9. The number of amides is 1. The second-order valence-corrected chi connectivity index (χ2v) is 6.89. The fourth-order valence-electron chi connectivity index (χ4n) is 2.97. The molecular formula is C20H18N4O3S. The van der Waals surface area contributed by atoms with E-state index in [1.165, 1.54) is 11.3 Å². The van der Waals surface area contributed by atoms with E-state index < -0.39 is 0 Å². The normalized spacial score (nSPS) is 10.8. The van der Waals surface area contributed by atoms with Gasteiger partial charge in [-0.3, -0.25) is 14.5 Å². The molecule has 0 spiro atoms. The number of aryl methyl sites for hydroxylation is 1. The van der Waals surface area contributed by atoms with Crippen LogP contribution in [0.5, 0.6) is 11.5 Å². The Morgan fingerprint density at radius 1 is 1.11 bits per heavy atom. The summed E-state index contributed by atoms with van der Waals surface area (Å²) < 4.78 is 12.2. The van der Waals surface area contributed by atoms with Gasteiger partial charge in [0, 0.05) is 17.1 Å². The van der Waals surface area contributed by atoms with Crippen molar-refractivity contribution in [2.45, 2.75) is 6.92 Å². The first-order valence-corrected chi connectivity index (χ1v) is 9.41. The highest BCUT2D eigenvalue weighted by Crippen LogP contribution is 2.27. The molecule has 1 amide bonds. The van der Waals surface area contributed by atoms with E-state index in [0.29, 0.717) is 27.9 Å². The van der Waals surface area contributed by atoms with E-state index in [1.54, 1.807) is 31.7 Å². The number of methoxy groups -OCH3 is 2. The molecule has 7 nitrogen and oxygen atoms in total. The van der Waals surface area contributed by atoms with Crippen molar-refractivity contribution in [2.75, 3.05) is 19.5 Å². The number of hydrogen-bond donors (Lipinski definition) is 1. The number of imidazole rings is 1. The van der Waals surface area contributed by atoms with Crippen LogP contribution in [0.25, 0.3) is 16.9 Å². The maximum atomic E-state index is 12.9. The first-order chi connectivity index (χ1) is 13.6. The van der Waals surface area contributed by atoms with Crippen LogP contribution in [0.4, 0.5) is 5.13 Å². The molecule has 4 aromatic rings. The molecule has 0 aliphatic carbocycles. The number of ether oxygens (including phenoxy) is 2. The molecule has 3 aromatic heterocycles. The molecule has 0 aliphatic rings. The number of nitrogens with zero attached hydrogens (tertiary/aromatic N) is 3. The quantitative estimate of drug-likeness (QED) is 0.553. The van der Waals surface area contributed by atoms with E-state index >= 15 is 0 Å². The molecule has 3 heterocycles. The maximum Gasteiger partial charge on any atom is 0.276 e. The fourth-order valence-corrected chi connectivity index (χ4v) is 3.69. The number of nitrogens with one attached hydrogen (secondary N) is 1. The van der Waals surface area contributed by atoms with Gasteiger partial charge in [0.1, 0.15) is 11.4 Å². The third kappa shape index (κ3) is 3.18. The zero-order valence-corrected chi connectivity index (χ0v) is 16.4. The SMILES string of the molecule is COc1ccc(-c2csc(NC(=O)c3c(C)nc4c(OC)cccn34)n2)cc1. The molecule has 4 rings (SSSR count). The average molecular weight is 394 g/mol. The van der Waals surface area contributed by atoms with E-state index in [9.17, 15) is 4.79 Å². The van der Waals surface area contributed by atoms with Crippen LogP contribution in [-0.2, 0) is 0 Å². The molecule has 28 heavy (non-hydrogen) atoms. The zero-order chi connectivity index (χ0) is 19.7. The highest BCUT2D eigenvalue weighted by atomic mass is 32.1. The minimum atomic E-state index is -0.270. The fraction of sp³-hybridized carbons (Fsp3) is 0.150. The molecule has 142 valence electrons. The molecule has 0 fully saturated rings. The van der Waals surface area contributed by atoms with Crippen molar-refractivity contribution in [2.24, 2.45) is 0 Å². The van der Waals surface area contributed by atoms with Gasteiger partial charge in [0.25, 0.3) is 5.91 Å². The highest BCUT2D eigenvalue weighted by molar-refractivity contribution is 7.14. The third-order valence-corrected chi connectivity index (χ3v) is 5.09. The Kier molecular flexibility index (Phi) is 4.70. The van der Waals surface area contributed by atoms with Gasteiger partial charge in [-0.05, 0) is 43.3 Å². The van der Waals surface area contributed by atoms with E-state index in [0.717, 1.165) is 17.0 Å². The molecular weight excluding hydrogens is 376 g/mol. The lowest BCUT2D eigenvalue weighted by atomic mass is 10.2. The van der Waals surface area contributed by atoms with Gasteiger partial charge >= 0.3 is 0 Å². The summed E-state index contributed by atoms with van der Waals surface area (Å²) in [6.07, 6.45) is 1.79. The van der Waals surface area contributed by atoms with Crippen molar-refractivity contribution in [3.63, 3.8) is 0 Å². The number of fused-ring (bicyclic) bond motifs is 1. The van der Waals surface area contributed by atoms with Gasteiger partial charge in [-0.15, -0.1) is 11.3 Å². The summed E-state index contributed by atoms with van der Waals surface area (Å²) in [5.74, 6) is 1.13. The van der Waals surface area contributed by atoms with Gasteiger partial charge in [-0.1, -0.05) is 0 Å². The van der Waals surface area contributed by atoms with Crippen LogP contribution >= 0.6 is 11.3 Å². The molecule has 0 atom stereocenters. The number of carbonyl (C=O) groups excluding carboxylic acids is 1. The largest absolute Gasteiger partial charge is 0.497 e. The van der Waals surface area contributed by atoms with Crippen LogP contribution in [-0.4, -0.2) is 34.5 Å². The topological polar surface area (TPSA) is 77.8 Å². The number of thiazole rings is 1. The summed E-state index contributed by atoms with van der Waals surface area (Å²) in [7, 11) is 3.21. The summed E-state index contributed by atoms with van der Waals surface area (Å²) in [5.41, 5.74) is 3.42. The number of aromatic nitrogens is 3. The van der Waals surface area contributed by atoms with Crippen molar-refractivity contribution in [1.29, 1.82) is 0 Å². The van der Waals surface area contributed by atoms with E-state index in [-0.39, 0.29) is 5.91 Å². The second-order valence-electron chi connectivity index (χ2n) is 6.04.